The van der Waals surface area contributed by atoms with Crippen molar-refractivity contribution >= 4 is 132 Å². The topological polar surface area (TPSA) is 373 Å². The molecule has 0 radical (unpaired) electrons. The molecule has 16 aliphatic rings. The van der Waals surface area contributed by atoms with Crippen molar-refractivity contribution in [2.75, 3.05) is 62.0 Å². The number of allylic oxidation sites excluding steroid dienone is 1. The Morgan fingerprint density at radius 2 is 0.818 bits per heavy atom. The van der Waals surface area contributed by atoms with Gasteiger partial charge in [-0.3, -0.25) is 47.5 Å². The smallest absolute Gasteiger partial charge is 0.263 e. The second-order valence-corrected chi connectivity index (χ2v) is 43.9. The summed E-state index contributed by atoms with van der Waals surface area (Å²) in [7, 11) is -1.80. The van der Waals surface area contributed by atoms with Crippen molar-refractivity contribution in [2.45, 2.75) is 181 Å². The number of ether oxygens (including phenoxy) is 8. The number of carbonyl (C=O) groups excluding carboxylic acids is 9. The van der Waals surface area contributed by atoms with Crippen LogP contribution in [0, 0.1) is 54.9 Å². The number of halogens is 9. The minimum Gasteiger partial charge on any atom is -0.484 e. The fraction of sp³-hybridized carbons (Fsp3) is 0.375. The van der Waals surface area contributed by atoms with E-state index in [1.165, 1.54) is 53.4 Å². The number of benzene rings is 9. The molecule has 7 amide bonds. The lowest BCUT2D eigenvalue weighted by Crippen LogP contribution is -2.84. The number of sulfonamides is 1. The van der Waals surface area contributed by atoms with E-state index in [1.807, 2.05) is 25.2 Å². The lowest BCUT2D eigenvalue weighted by atomic mass is 9.38. The maximum atomic E-state index is 13.6. The predicted molar refractivity (Wildman–Crippen MR) is 521 cm³/mol. The molecule has 4 heterocycles. The number of aliphatic hydroxyl groups is 1. The first kappa shape index (κ1) is 101. The van der Waals surface area contributed by atoms with Crippen LogP contribution in [0.15, 0.2) is 188 Å². The lowest BCUT2D eigenvalue weighted by Gasteiger charge is -2.70. The van der Waals surface area contributed by atoms with Gasteiger partial charge in [-0.25, -0.2) is 26.0 Å². The molecule has 12 fully saturated rings. The first-order chi connectivity index (χ1) is 67.9. The molecule has 750 valence electrons. The molecule has 29 nitrogen and oxygen atoms in total. The summed E-state index contributed by atoms with van der Waals surface area (Å²) in [6.07, 6.45) is 8.21. The standard InChI is InChI=1S/C29H24Cl2FN3O5.C26H28ClFN2O4.C25H23ClFNO5.C24H25ClFN3O6S/c30-18-6-9-23-22(10-18)35(27(38)17-4-2-1-3-5-17)12-24(40-23)26(37)34-29-14-28(15-29,16-29)33-25(36)13-39-19-7-8-20(31)21(32)11-19;1-15-3-5-17(8-19(15)28)33-11-24(32)30-26-12-25(13-26,14-26)10-21(31)23-9-20(29-2)18-7-16(27)4-6-22(18)34-23;1-14-2-4-16(7-18(14)27)32-10-23(31)28-25-11-24(12-25,13-25)9-20(30)22-8-19(29)17-6-15(26)3-5-21(17)33-22;1-14-3-5-16(8-17(14)26)34-10-21(30)27-23-11-24(12-23,13-23)28-22(31)20-9-29(36(2,32)33)18-7-15(25)4-6-19(18)35-20/h1-11,24H,12-16H2,(H,33,36)(H,34,37);3-8,20,23,29H,9-14H2,1-2H3,(H,30,32);2-8,19,29H,9-13H2,1H3,(H,28,31);3-8,20H,9-13H2,1-2H3,(H,27,30)(H,28,31). The van der Waals surface area contributed by atoms with Crippen LogP contribution >= 0.6 is 58.0 Å². The number of Topliss-reactive ketones (excluding diaryl/α,β-unsaturated/α-hetero) is 2. The Morgan fingerprint density at radius 1 is 0.434 bits per heavy atom. The van der Waals surface area contributed by atoms with Gasteiger partial charge < -0.3 is 85.1 Å². The molecule has 12 aliphatic carbocycles. The Kier molecular flexibility index (Phi) is 27.6. The zero-order valence-electron chi connectivity index (χ0n) is 78.0. The number of aryl methyl sites for hydroxylation is 3. The Morgan fingerprint density at radius 3 is 1.27 bits per heavy atom. The van der Waals surface area contributed by atoms with Crippen LogP contribution in [0.25, 0.3) is 0 Å². The summed E-state index contributed by atoms with van der Waals surface area (Å²) in [5, 5.41) is 33.5. The van der Waals surface area contributed by atoms with Crippen molar-refractivity contribution in [1.29, 1.82) is 0 Å². The van der Waals surface area contributed by atoms with Gasteiger partial charge in [0.1, 0.15) is 75.4 Å². The molecule has 5 atom stereocenters. The van der Waals surface area contributed by atoms with E-state index in [0.717, 1.165) is 41.5 Å². The highest BCUT2D eigenvalue weighted by atomic mass is 35.5. The number of carbonyl (C=O) groups is 9. The number of hydrogen-bond acceptors (Lipinski definition) is 21. The summed E-state index contributed by atoms with van der Waals surface area (Å²) in [4.78, 5) is 116. The normalized spacial score (nSPS) is 26.2. The van der Waals surface area contributed by atoms with Crippen LogP contribution in [-0.4, -0.2) is 171 Å². The molecule has 8 N–H and O–H groups in total. The van der Waals surface area contributed by atoms with Gasteiger partial charge >= 0.3 is 0 Å². The molecule has 0 spiro atoms. The second kappa shape index (κ2) is 39.3. The maximum Gasteiger partial charge on any atom is 0.263 e. The first-order valence-corrected chi connectivity index (χ1v) is 50.1. The molecular formula is C104H100Cl5F4N9O20S. The van der Waals surface area contributed by atoms with E-state index in [2.05, 4.69) is 37.2 Å². The fourth-order valence-corrected chi connectivity index (χ4v) is 23.8. The summed E-state index contributed by atoms with van der Waals surface area (Å²) in [6, 6.07) is 46.1. The number of amides is 7. The molecule has 9 aromatic rings. The molecule has 25 rings (SSSR count). The molecule has 143 heavy (non-hydrogen) atoms. The molecule has 12 saturated carbocycles. The average molecular weight is 2080 g/mol. The Hall–Kier alpha value is -12.4. The van der Waals surface area contributed by atoms with Gasteiger partial charge in [-0.05, 0) is 254 Å². The van der Waals surface area contributed by atoms with E-state index in [-0.39, 0.29) is 160 Å². The van der Waals surface area contributed by atoms with Crippen LogP contribution in [0.2, 0.25) is 25.1 Å². The van der Waals surface area contributed by atoms with E-state index in [4.69, 9.17) is 95.9 Å². The monoisotopic (exact) mass is 2080 g/mol. The molecule has 5 unspecified atom stereocenters. The Bertz CT molecular complexity index is 6750. The summed E-state index contributed by atoms with van der Waals surface area (Å²) in [5.41, 5.74) is 1.82. The fourth-order valence-electron chi connectivity index (χ4n) is 22.1. The van der Waals surface area contributed by atoms with Crippen molar-refractivity contribution in [3.8, 4) is 46.0 Å². The Labute approximate surface area is 845 Å². The van der Waals surface area contributed by atoms with Gasteiger partial charge in [-0.1, -0.05) is 94.4 Å². The zero-order valence-corrected chi connectivity index (χ0v) is 82.6. The van der Waals surface area contributed by atoms with E-state index < -0.39 is 74.1 Å². The first-order valence-electron chi connectivity index (χ1n) is 46.3. The Balaban J connectivity index is 0.000000126. The maximum absolute atomic E-state index is 13.6. The van der Waals surface area contributed by atoms with E-state index in [9.17, 15) is 74.2 Å². The minimum atomic E-state index is -3.67. The van der Waals surface area contributed by atoms with Crippen molar-refractivity contribution in [3.63, 3.8) is 0 Å². The molecule has 9 aromatic carbocycles. The van der Waals surface area contributed by atoms with Gasteiger partial charge in [0.25, 0.3) is 41.4 Å². The van der Waals surface area contributed by atoms with E-state index in [1.54, 1.807) is 130 Å². The largest absolute Gasteiger partial charge is 0.484 e. The second-order valence-electron chi connectivity index (χ2n) is 39.8. The van der Waals surface area contributed by atoms with Gasteiger partial charge in [0, 0.05) is 120 Å². The van der Waals surface area contributed by atoms with Crippen LogP contribution in [0.4, 0.5) is 28.9 Å². The third-order valence-corrected chi connectivity index (χ3v) is 30.8. The average Bonchev–Trinajstić information content (AvgIpc) is 0.692. The highest BCUT2D eigenvalue weighted by molar-refractivity contribution is 7.92. The third kappa shape index (κ3) is 21.7. The predicted octanol–water partition coefficient (Wildman–Crippen LogP) is 15.3. The number of ketones is 2. The molecule has 8 bridgehead atoms. The molecule has 0 saturated heterocycles. The van der Waals surface area contributed by atoms with Gasteiger partial charge in [-0.2, -0.15) is 0 Å². The summed E-state index contributed by atoms with van der Waals surface area (Å²) < 4.78 is 125. The van der Waals surface area contributed by atoms with Crippen LogP contribution in [0.3, 0.4) is 0 Å². The van der Waals surface area contributed by atoms with Crippen LogP contribution in [0.5, 0.6) is 46.0 Å². The summed E-state index contributed by atoms with van der Waals surface area (Å²) >= 11 is 30.0. The van der Waals surface area contributed by atoms with Gasteiger partial charge in [0.15, 0.2) is 62.1 Å². The molecule has 39 heteroatoms. The van der Waals surface area contributed by atoms with Crippen molar-refractivity contribution in [1.82, 2.24) is 37.2 Å². The number of rotatable bonds is 29. The number of aliphatic hydroxyl groups excluding tert-OH is 1. The molecule has 0 aromatic heterocycles. The van der Waals surface area contributed by atoms with E-state index in [0.29, 0.717) is 159 Å². The van der Waals surface area contributed by atoms with E-state index >= 15 is 0 Å². The molecule has 4 aliphatic heterocycles. The number of nitrogens with zero attached hydrogens (tertiary/aromatic N) is 2. The quantitative estimate of drug-likeness (QED) is 0.0202. The van der Waals surface area contributed by atoms with Crippen LogP contribution < -0.4 is 84.3 Å². The van der Waals surface area contributed by atoms with Gasteiger partial charge in [0.2, 0.25) is 10.0 Å². The number of nitrogens with one attached hydrogen (secondary N) is 7. The zero-order chi connectivity index (χ0) is 101. The van der Waals surface area contributed by atoms with Gasteiger partial charge in [0.05, 0.1) is 35.7 Å². The highest BCUT2D eigenvalue weighted by Crippen LogP contribution is 2.71. The minimum absolute atomic E-state index is 0.0112. The van der Waals surface area contributed by atoms with Crippen molar-refractivity contribution < 1.29 is 112 Å². The van der Waals surface area contributed by atoms with Crippen LogP contribution in [0.1, 0.15) is 147 Å². The lowest BCUT2D eigenvalue weighted by molar-refractivity contribution is -0.176. The highest BCUT2D eigenvalue weighted by Gasteiger charge is 2.72. The SMILES string of the molecule is CNC1CC(C(=O)CC23CC(NC(=O)COc4ccc(C)c(F)c4)(C2)C3)Oc2ccc(Cl)cc21.Cc1ccc(OCC(=O)NC23CC(CC(=O)C4=CC(O)c5cc(Cl)ccc5O4)(C2)C3)cc1F.Cc1ccc(OCC(=O)NC23CC(NC(=O)C4CN(S(C)(=O)=O)c5cc(Cl)ccc5O4)(C2)C3)cc1F.O=C(COc1ccc(Cl)c(F)c1)NC12CC(NC(=O)C3CN(C(=O)c4ccccc4)c4cc(Cl)ccc4O3)(C1)C2. The number of hydrogen-bond donors (Lipinski definition) is 8. The number of fused-ring (bicyclic) bond motifs is 4. The summed E-state index contributed by atoms with van der Waals surface area (Å²) in [5.74, 6) is -1.01. The van der Waals surface area contributed by atoms with Crippen LogP contribution in [-0.2, 0) is 48.4 Å². The van der Waals surface area contributed by atoms with Crippen molar-refractivity contribution in [2.24, 2.45) is 10.8 Å². The summed E-state index contributed by atoms with van der Waals surface area (Å²) in [6.45, 7) is 3.93. The van der Waals surface area contributed by atoms with Gasteiger partial charge in [-0.15, -0.1) is 0 Å². The third-order valence-electron chi connectivity index (χ3n) is 28.4. The van der Waals surface area contributed by atoms with Crippen molar-refractivity contribution in [3.05, 3.63) is 270 Å². The number of anilines is 2. The molecular weight excluding hydrogens is 1980 g/mol.